The topological polar surface area (TPSA) is 72.6 Å². The second kappa shape index (κ2) is 5.66. The van der Waals surface area contributed by atoms with Crippen LogP contribution >= 0.6 is 0 Å². The minimum absolute atomic E-state index is 0.131. The van der Waals surface area contributed by atoms with E-state index in [0.717, 1.165) is 0 Å². The van der Waals surface area contributed by atoms with Gasteiger partial charge in [0.25, 0.3) is 5.69 Å². The molecule has 2 aromatic rings. The van der Waals surface area contributed by atoms with Gasteiger partial charge in [0.2, 0.25) is 0 Å². The first kappa shape index (κ1) is 14.0. The molecule has 0 aliphatic rings. The first-order chi connectivity index (χ1) is 9.49. The molecule has 0 radical (unpaired) electrons. The summed E-state index contributed by atoms with van der Waals surface area (Å²) in [6.45, 7) is 1.48. The Morgan fingerprint density at radius 3 is 2.65 bits per heavy atom. The minimum atomic E-state index is -0.917. The van der Waals surface area contributed by atoms with Gasteiger partial charge in [0, 0.05) is 11.6 Å². The maximum atomic E-state index is 13.8. The average Bonchev–Trinajstić information content (AvgIpc) is 2.41. The summed E-state index contributed by atoms with van der Waals surface area (Å²) in [6.07, 6.45) is -0.917. The van der Waals surface area contributed by atoms with Gasteiger partial charge in [-0.25, -0.2) is 4.39 Å². The Labute approximate surface area is 114 Å². The maximum Gasteiger partial charge on any atom is 0.273 e. The van der Waals surface area contributed by atoms with Crippen LogP contribution in [0.15, 0.2) is 42.5 Å². The lowest BCUT2D eigenvalue weighted by molar-refractivity contribution is -0.384. The Morgan fingerprint density at radius 1 is 1.30 bits per heavy atom. The van der Waals surface area contributed by atoms with Crippen LogP contribution in [-0.4, -0.2) is 10.0 Å². The van der Waals surface area contributed by atoms with Crippen LogP contribution in [0, 0.1) is 15.9 Å². The first-order valence-corrected chi connectivity index (χ1v) is 5.88. The number of para-hydroxylation sites is 1. The summed E-state index contributed by atoms with van der Waals surface area (Å²) < 4.78 is 19.1. The van der Waals surface area contributed by atoms with Gasteiger partial charge in [0.15, 0.2) is 11.6 Å². The summed E-state index contributed by atoms with van der Waals surface area (Å²) >= 11 is 0. The van der Waals surface area contributed by atoms with Gasteiger partial charge >= 0.3 is 0 Å². The zero-order chi connectivity index (χ0) is 14.7. The predicted octanol–water partition coefficient (Wildman–Crippen LogP) is 3.58. The number of halogens is 1. The van der Waals surface area contributed by atoms with Crippen molar-refractivity contribution in [2.24, 2.45) is 0 Å². The minimum Gasteiger partial charge on any atom is -0.454 e. The molecule has 6 heteroatoms. The van der Waals surface area contributed by atoms with E-state index in [0.29, 0.717) is 0 Å². The fraction of sp³-hybridized carbons (Fsp3) is 0.143. The van der Waals surface area contributed by atoms with Crippen LogP contribution in [0.1, 0.15) is 18.6 Å². The van der Waals surface area contributed by atoms with E-state index in [1.54, 1.807) is 0 Å². The first-order valence-electron chi connectivity index (χ1n) is 5.88. The van der Waals surface area contributed by atoms with E-state index < -0.39 is 16.8 Å². The van der Waals surface area contributed by atoms with Crippen molar-refractivity contribution in [2.45, 2.75) is 13.0 Å². The fourth-order valence-electron chi connectivity index (χ4n) is 1.74. The summed E-state index contributed by atoms with van der Waals surface area (Å²) in [5.74, 6) is -0.649. The number of benzene rings is 2. The molecule has 0 aliphatic heterocycles. The largest absolute Gasteiger partial charge is 0.454 e. The lowest BCUT2D eigenvalue weighted by atomic mass is 10.1. The maximum absolute atomic E-state index is 13.8. The third-order valence-corrected chi connectivity index (χ3v) is 2.70. The summed E-state index contributed by atoms with van der Waals surface area (Å²) in [4.78, 5) is 10.1. The number of aliphatic hydroxyl groups is 1. The Bertz CT molecular complexity index is 643. The normalized spacial score (nSPS) is 11.9. The quantitative estimate of drug-likeness (QED) is 0.684. The Morgan fingerprint density at radius 2 is 2.00 bits per heavy atom. The lowest BCUT2D eigenvalue weighted by Crippen LogP contribution is -1.99. The van der Waals surface area contributed by atoms with E-state index >= 15 is 0 Å². The molecule has 2 aromatic carbocycles. The smallest absolute Gasteiger partial charge is 0.273 e. The van der Waals surface area contributed by atoms with Gasteiger partial charge in [-0.2, -0.15) is 0 Å². The van der Waals surface area contributed by atoms with Gasteiger partial charge in [-0.05, 0) is 19.1 Å². The number of nitro groups is 1. The standard InChI is InChI=1S/C14H12FNO4/c1-9(17)12-6-3-7-13(15)14(12)20-11-5-2-4-10(8-11)16(18)19/h2-9,17H,1H3/t9-/m1/s1. The molecular formula is C14H12FNO4. The molecule has 0 aromatic heterocycles. The van der Waals surface area contributed by atoms with Gasteiger partial charge in [0.1, 0.15) is 5.75 Å². The highest BCUT2D eigenvalue weighted by molar-refractivity contribution is 5.43. The van der Waals surface area contributed by atoms with Gasteiger partial charge in [0.05, 0.1) is 17.1 Å². The molecule has 0 heterocycles. The molecule has 0 aliphatic carbocycles. The zero-order valence-electron chi connectivity index (χ0n) is 10.6. The van der Waals surface area contributed by atoms with Gasteiger partial charge < -0.3 is 9.84 Å². The number of aliphatic hydroxyl groups excluding tert-OH is 1. The molecule has 1 atom stereocenters. The summed E-state index contributed by atoms with van der Waals surface area (Å²) in [6, 6.07) is 9.60. The number of ether oxygens (including phenoxy) is 1. The van der Waals surface area contributed by atoms with E-state index in [1.807, 2.05) is 0 Å². The summed E-state index contributed by atoms with van der Waals surface area (Å²) in [7, 11) is 0. The molecule has 0 spiro atoms. The number of nitrogens with zero attached hydrogens (tertiary/aromatic N) is 1. The highest BCUT2D eigenvalue weighted by atomic mass is 19.1. The van der Waals surface area contributed by atoms with Crippen molar-refractivity contribution in [1.82, 2.24) is 0 Å². The number of hydrogen-bond donors (Lipinski definition) is 1. The van der Waals surface area contributed by atoms with E-state index in [4.69, 9.17) is 4.74 Å². The highest BCUT2D eigenvalue weighted by Gasteiger charge is 2.16. The third-order valence-electron chi connectivity index (χ3n) is 2.70. The Kier molecular flexibility index (Phi) is 3.95. The van der Waals surface area contributed by atoms with E-state index in [9.17, 15) is 19.6 Å². The van der Waals surface area contributed by atoms with E-state index in [2.05, 4.69) is 0 Å². The van der Waals surface area contributed by atoms with Gasteiger partial charge in [-0.3, -0.25) is 10.1 Å². The monoisotopic (exact) mass is 277 g/mol. The molecule has 5 nitrogen and oxygen atoms in total. The molecular weight excluding hydrogens is 265 g/mol. The lowest BCUT2D eigenvalue weighted by Gasteiger charge is -2.13. The molecule has 2 rings (SSSR count). The Hall–Kier alpha value is -2.47. The van der Waals surface area contributed by atoms with Crippen molar-refractivity contribution < 1.29 is 19.2 Å². The van der Waals surface area contributed by atoms with Crippen molar-refractivity contribution in [3.05, 3.63) is 64.0 Å². The second-order valence-electron chi connectivity index (χ2n) is 4.19. The number of non-ortho nitro benzene ring substituents is 1. The Balaban J connectivity index is 2.39. The van der Waals surface area contributed by atoms with Gasteiger partial charge in [-0.15, -0.1) is 0 Å². The molecule has 0 fully saturated rings. The van der Waals surface area contributed by atoms with Crippen LogP contribution in [0.4, 0.5) is 10.1 Å². The predicted molar refractivity (Wildman–Crippen MR) is 70.2 cm³/mol. The molecule has 0 saturated heterocycles. The van der Waals surface area contributed by atoms with Crippen LogP contribution in [0.25, 0.3) is 0 Å². The number of hydrogen-bond acceptors (Lipinski definition) is 4. The van der Waals surface area contributed by atoms with Crippen molar-refractivity contribution >= 4 is 5.69 Å². The van der Waals surface area contributed by atoms with Crippen molar-refractivity contribution in [3.63, 3.8) is 0 Å². The zero-order valence-corrected chi connectivity index (χ0v) is 10.6. The molecule has 20 heavy (non-hydrogen) atoms. The summed E-state index contributed by atoms with van der Waals surface area (Å²) in [5.41, 5.74) is 0.119. The van der Waals surface area contributed by atoms with Crippen LogP contribution in [0.3, 0.4) is 0 Å². The molecule has 0 unspecified atom stereocenters. The van der Waals surface area contributed by atoms with Crippen molar-refractivity contribution in [2.75, 3.05) is 0 Å². The second-order valence-corrected chi connectivity index (χ2v) is 4.19. The van der Waals surface area contributed by atoms with Gasteiger partial charge in [-0.1, -0.05) is 18.2 Å². The molecule has 0 amide bonds. The molecule has 0 bridgehead atoms. The van der Waals surface area contributed by atoms with Crippen molar-refractivity contribution in [3.8, 4) is 11.5 Å². The fourth-order valence-corrected chi connectivity index (χ4v) is 1.74. The molecule has 0 saturated carbocycles. The van der Waals surface area contributed by atoms with Crippen molar-refractivity contribution in [1.29, 1.82) is 0 Å². The third kappa shape index (κ3) is 2.92. The van der Waals surface area contributed by atoms with Crippen LogP contribution in [0.2, 0.25) is 0 Å². The van der Waals surface area contributed by atoms with Crippen LogP contribution in [0.5, 0.6) is 11.5 Å². The van der Waals surface area contributed by atoms with E-state index in [1.165, 1.54) is 49.4 Å². The molecule has 104 valence electrons. The highest BCUT2D eigenvalue weighted by Crippen LogP contribution is 2.33. The number of rotatable bonds is 4. The molecule has 1 N–H and O–H groups in total. The number of nitro benzene ring substituents is 1. The summed E-state index contributed by atoms with van der Waals surface area (Å²) in [5, 5.41) is 20.3. The SMILES string of the molecule is C[C@@H](O)c1cccc(F)c1Oc1cccc([N+](=O)[O-])c1. The average molecular weight is 277 g/mol. The van der Waals surface area contributed by atoms with Crippen LogP contribution < -0.4 is 4.74 Å². The van der Waals surface area contributed by atoms with Crippen LogP contribution in [-0.2, 0) is 0 Å². The van der Waals surface area contributed by atoms with E-state index in [-0.39, 0.29) is 22.7 Å².